The smallest absolute Gasteiger partial charge is 0.381 e. The van der Waals surface area contributed by atoms with Gasteiger partial charge in [0, 0.05) is 17.3 Å². The quantitative estimate of drug-likeness (QED) is 0.777. The van der Waals surface area contributed by atoms with Gasteiger partial charge in [0.05, 0.1) is 5.56 Å². The predicted molar refractivity (Wildman–Crippen MR) is 70.2 cm³/mol. The lowest BCUT2D eigenvalue weighted by molar-refractivity contribution is -0.137. The van der Waals surface area contributed by atoms with E-state index in [1.54, 1.807) is 0 Å². The summed E-state index contributed by atoms with van der Waals surface area (Å²) in [6.07, 6.45) is -4.38. The van der Waals surface area contributed by atoms with Gasteiger partial charge in [0.15, 0.2) is 0 Å². The molecule has 0 aliphatic heterocycles. The first-order chi connectivity index (χ1) is 9.36. The van der Waals surface area contributed by atoms with Crippen molar-refractivity contribution < 1.29 is 17.6 Å². The molecule has 0 atom stereocenters. The molecule has 6 heteroatoms. The van der Waals surface area contributed by atoms with Crippen LogP contribution in [0.15, 0.2) is 42.5 Å². The largest absolute Gasteiger partial charge is 0.416 e. The van der Waals surface area contributed by atoms with Crippen LogP contribution in [0.4, 0.5) is 23.2 Å². The third-order valence-corrected chi connectivity index (χ3v) is 3.04. The second-order valence-electron chi connectivity index (χ2n) is 4.17. The lowest BCUT2D eigenvalue weighted by atomic mass is 10.1. The van der Waals surface area contributed by atoms with Gasteiger partial charge in [0.25, 0.3) is 0 Å². The Morgan fingerprint density at radius 1 is 1.05 bits per heavy atom. The van der Waals surface area contributed by atoms with Gasteiger partial charge >= 0.3 is 6.18 Å². The Kier molecular flexibility index (Phi) is 4.18. The number of rotatable bonds is 3. The maximum Gasteiger partial charge on any atom is 0.416 e. The fourth-order valence-electron chi connectivity index (χ4n) is 1.67. The summed E-state index contributed by atoms with van der Waals surface area (Å²) in [5.74, 6) is -0.460. The Morgan fingerprint density at radius 3 is 2.45 bits per heavy atom. The Hall–Kier alpha value is -1.75. The monoisotopic (exact) mass is 303 g/mol. The van der Waals surface area contributed by atoms with Crippen molar-refractivity contribution in [3.8, 4) is 0 Å². The number of anilines is 1. The average Bonchev–Trinajstić information content (AvgIpc) is 2.37. The van der Waals surface area contributed by atoms with E-state index in [9.17, 15) is 17.6 Å². The fraction of sp³-hybridized carbons (Fsp3) is 0.143. The molecule has 2 rings (SSSR count). The lowest BCUT2D eigenvalue weighted by Crippen LogP contribution is -2.06. The molecule has 0 bridgehead atoms. The number of alkyl halides is 3. The van der Waals surface area contributed by atoms with Crippen molar-refractivity contribution in [2.24, 2.45) is 0 Å². The van der Waals surface area contributed by atoms with Crippen LogP contribution < -0.4 is 5.32 Å². The van der Waals surface area contributed by atoms with E-state index in [0.29, 0.717) is 11.3 Å². The van der Waals surface area contributed by atoms with E-state index in [-0.39, 0.29) is 11.6 Å². The molecule has 0 radical (unpaired) electrons. The van der Waals surface area contributed by atoms with E-state index < -0.39 is 17.6 Å². The van der Waals surface area contributed by atoms with Crippen LogP contribution in [0.2, 0.25) is 5.02 Å². The van der Waals surface area contributed by atoms with E-state index in [1.807, 2.05) is 0 Å². The number of hydrogen-bond donors (Lipinski definition) is 1. The van der Waals surface area contributed by atoms with Crippen LogP contribution in [0.5, 0.6) is 0 Å². The fourth-order valence-corrected chi connectivity index (χ4v) is 1.90. The molecular weight excluding hydrogens is 294 g/mol. The summed E-state index contributed by atoms with van der Waals surface area (Å²) in [4.78, 5) is 0. The highest BCUT2D eigenvalue weighted by Gasteiger charge is 2.30. The first kappa shape index (κ1) is 14.7. The Bertz CT molecular complexity index is 610. The van der Waals surface area contributed by atoms with Gasteiger partial charge in [-0.05, 0) is 35.9 Å². The number of benzene rings is 2. The van der Waals surface area contributed by atoms with Crippen molar-refractivity contribution in [1.82, 2.24) is 0 Å². The first-order valence-corrected chi connectivity index (χ1v) is 6.09. The first-order valence-electron chi connectivity index (χ1n) is 5.71. The molecule has 0 aliphatic carbocycles. The van der Waals surface area contributed by atoms with Crippen LogP contribution in [-0.2, 0) is 12.7 Å². The van der Waals surface area contributed by atoms with Gasteiger partial charge in [-0.25, -0.2) is 4.39 Å². The molecule has 0 saturated heterocycles. The summed E-state index contributed by atoms with van der Waals surface area (Å²) in [6.45, 7) is 0.209. The zero-order valence-corrected chi connectivity index (χ0v) is 10.9. The molecule has 2 aromatic rings. The molecular formula is C14H10ClF4N. The molecule has 2 aromatic carbocycles. The standard InChI is InChI=1S/C14H10ClF4N/c15-13-7-11(16)5-4-9(13)8-20-12-3-1-2-10(6-12)14(17,18)19/h1-7,20H,8H2. The Morgan fingerprint density at radius 2 is 1.80 bits per heavy atom. The molecule has 106 valence electrons. The van der Waals surface area contributed by atoms with Gasteiger partial charge < -0.3 is 5.32 Å². The molecule has 0 spiro atoms. The topological polar surface area (TPSA) is 12.0 Å². The zero-order valence-electron chi connectivity index (χ0n) is 10.1. The van der Waals surface area contributed by atoms with Crippen LogP contribution in [0.1, 0.15) is 11.1 Å². The lowest BCUT2D eigenvalue weighted by Gasteiger charge is -2.11. The van der Waals surface area contributed by atoms with Gasteiger partial charge in [-0.3, -0.25) is 0 Å². The van der Waals surface area contributed by atoms with Crippen molar-refractivity contribution in [3.05, 3.63) is 64.4 Å². The summed E-state index contributed by atoms with van der Waals surface area (Å²) in [5, 5.41) is 3.05. The number of hydrogen-bond acceptors (Lipinski definition) is 1. The molecule has 0 heterocycles. The maximum absolute atomic E-state index is 12.9. The highest BCUT2D eigenvalue weighted by atomic mass is 35.5. The van der Waals surface area contributed by atoms with Crippen molar-refractivity contribution in [1.29, 1.82) is 0 Å². The molecule has 0 fully saturated rings. The van der Waals surface area contributed by atoms with Crippen LogP contribution in [-0.4, -0.2) is 0 Å². The summed E-state index contributed by atoms with van der Waals surface area (Å²) in [5.41, 5.74) is 0.193. The molecule has 1 nitrogen and oxygen atoms in total. The molecule has 0 unspecified atom stereocenters. The summed E-state index contributed by atoms with van der Waals surface area (Å²) in [7, 11) is 0. The average molecular weight is 304 g/mol. The van der Waals surface area contributed by atoms with E-state index >= 15 is 0 Å². The summed E-state index contributed by atoms with van der Waals surface area (Å²) < 4.78 is 50.5. The Labute approximate surface area is 118 Å². The molecule has 0 aromatic heterocycles. The third kappa shape index (κ3) is 3.63. The number of nitrogens with one attached hydrogen (secondary N) is 1. The minimum atomic E-state index is -4.38. The van der Waals surface area contributed by atoms with Gasteiger partial charge in [0.1, 0.15) is 5.82 Å². The van der Waals surface area contributed by atoms with Gasteiger partial charge in [0.2, 0.25) is 0 Å². The molecule has 1 N–H and O–H groups in total. The summed E-state index contributed by atoms with van der Waals surface area (Å²) >= 11 is 5.84. The van der Waals surface area contributed by atoms with E-state index in [0.717, 1.165) is 18.2 Å². The Balaban J connectivity index is 2.11. The second-order valence-corrected chi connectivity index (χ2v) is 4.58. The van der Waals surface area contributed by atoms with Crippen LogP contribution in [0.25, 0.3) is 0 Å². The van der Waals surface area contributed by atoms with Crippen LogP contribution in [0.3, 0.4) is 0 Å². The minimum absolute atomic E-state index is 0.209. The molecule has 20 heavy (non-hydrogen) atoms. The minimum Gasteiger partial charge on any atom is -0.381 e. The maximum atomic E-state index is 12.9. The predicted octanol–water partition coefficient (Wildman–Crippen LogP) is 5.11. The van der Waals surface area contributed by atoms with Crippen LogP contribution in [0, 0.1) is 5.82 Å². The molecule has 0 aliphatic rings. The van der Waals surface area contributed by atoms with E-state index in [4.69, 9.17) is 11.6 Å². The van der Waals surface area contributed by atoms with Gasteiger partial charge in [-0.2, -0.15) is 13.2 Å². The van der Waals surface area contributed by atoms with Crippen molar-refractivity contribution in [3.63, 3.8) is 0 Å². The SMILES string of the molecule is Fc1ccc(CNc2cccc(C(F)(F)F)c2)c(Cl)c1. The highest BCUT2D eigenvalue weighted by molar-refractivity contribution is 6.31. The van der Waals surface area contributed by atoms with Crippen molar-refractivity contribution >= 4 is 17.3 Å². The molecule has 0 saturated carbocycles. The normalized spacial score (nSPS) is 11.4. The number of halogens is 5. The molecule has 0 amide bonds. The third-order valence-electron chi connectivity index (χ3n) is 2.69. The van der Waals surface area contributed by atoms with Crippen molar-refractivity contribution in [2.75, 3.05) is 5.32 Å². The van der Waals surface area contributed by atoms with E-state index in [1.165, 1.54) is 24.3 Å². The van der Waals surface area contributed by atoms with Crippen LogP contribution >= 0.6 is 11.6 Å². The second kappa shape index (κ2) is 5.71. The van der Waals surface area contributed by atoms with Crippen molar-refractivity contribution in [2.45, 2.75) is 12.7 Å². The zero-order chi connectivity index (χ0) is 14.8. The van der Waals surface area contributed by atoms with Gasteiger partial charge in [-0.15, -0.1) is 0 Å². The summed E-state index contributed by atoms with van der Waals surface area (Å²) in [6, 6.07) is 8.73. The van der Waals surface area contributed by atoms with E-state index in [2.05, 4.69) is 5.32 Å². The van der Waals surface area contributed by atoms with Gasteiger partial charge in [-0.1, -0.05) is 23.7 Å². The highest BCUT2D eigenvalue weighted by Crippen LogP contribution is 2.30.